The zero-order valence-electron chi connectivity index (χ0n) is 12.3. The summed E-state index contributed by atoms with van der Waals surface area (Å²) in [6.07, 6.45) is 2.95. The molecule has 116 valence electrons. The number of amides is 2. The number of unbranched alkanes of at least 4 members (excludes halogenated alkanes) is 1. The highest BCUT2D eigenvalue weighted by molar-refractivity contribution is 6.00. The van der Waals surface area contributed by atoms with Crippen molar-refractivity contribution >= 4 is 17.7 Å². The first-order valence-electron chi connectivity index (χ1n) is 6.98. The number of hydrogen-bond acceptors (Lipinski definition) is 2. The van der Waals surface area contributed by atoms with E-state index in [1.54, 1.807) is 0 Å². The van der Waals surface area contributed by atoms with Crippen molar-refractivity contribution in [3.05, 3.63) is 29.6 Å². The number of urea groups is 1. The number of carbonyl (C=O) groups excluding carboxylic acids is 1. The van der Waals surface area contributed by atoms with Gasteiger partial charge in [-0.3, -0.25) is 0 Å². The Morgan fingerprint density at radius 2 is 2.00 bits per heavy atom. The summed E-state index contributed by atoms with van der Waals surface area (Å²) in [7, 11) is 0. The van der Waals surface area contributed by atoms with Crippen LogP contribution in [0.1, 0.15) is 43.5 Å². The third kappa shape index (κ3) is 5.81. The number of benzene rings is 1. The largest absolute Gasteiger partial charge is 0.478 e. The van der Waals surface area contributed by atoms with Crippen molar-refractivity contribution in [3.8, 4) is 0 Å². The molecule has 6 heteroatoms. The normalized spacial score (nSPS) is 10.5. The quantitative estimate of drug-likeness (QED) is 0.674. The predicted molar refractivity (Wildman–Crippen MR) is 79.1 cm³/mol. The number of carboxylic acid groups (broad SMARTS) is 1. The summed E-state index contributed by atoms with van der Waals surface area (Å²) in [5.74, 6) is -1.66. The fourth-order valence-corrected chi connectivity index (χ4v) is 1.89. The molecule has 5 nitrogen and oxygen atoms in total. The molecule has 1 aromatic carbocycles. The molecule has 0 aliphatic carbocycles. The molecule has 0 saturated heterocycles. The molecule has 0 aromatic heterocycles. The highest BCUT2D eigenvalue weighted by atomic mass is 19.1. The minimum absolute atomic E-state index is 0.0535. The van der Waals surface area contributed by atoms with Crippen LogP contribution in [0.15, 0.2) is 18.2 Å². The van der Waals surface area contributed by atoms with Crippen molar-refractivity contribution in [1.82, 2.24) is 5.32 Å². The van der Waals surface area contributed by atoms with Crippen LogP contribution in [0.2, 0.25) is 0 Å². The first kappa shape index (κ1) is 16.9. The topological polar surface area (TPSA) is 78.4 Å². The van der Waals surface area contributed by atoms with Gasteiger partial charge in [0.25, 0.3) is 0 Å². The zero-order chi connectivity index (χ0) is 15.8. The summed E-state index contributed by atoms with van der Waals surface area (Å²) in [5, 5.41) is 13.9. The van der Waals surface area contributed by atoms with Crippen LogP contribution in [-0.2, 0) is 0 Å². The van der Waals surface area contributed by atoms with E-state index in [1.165, 1.54) is 12.1 Å². The number of carbonyl (C=O) groups is 2. The van der Waals surface area contributed by atoms with E-state index in [0.29, 0.717) is 12.5 Å². The number of hydrogen-bond donors (Lipinski definition) is 3. The highest BCUT2D eigenvalue weighted by Crippen LogP contribution is 2.18. The number of anilines is 1. The summed E-state index contributed by atoms with van der Waals surface area (Å²) < 4.78 is 13.4. The van der Waals surface area contributed by atoms with E-state index < -0.39 is 23.4 Å². The van der Waals surface area contributed by atoms with Crippen LogP contribution in [0.5, 0.6) is 0 Å². The van der Waals surface area contributed by atoms with Gasteiger partial charge in [-0.1, -0.05) is 32.8 Å². The first-order chi connectivity index (χ1) is 9.91. The Labute approximate surface area is 123 Å². The lowest BCUT2D eigenvalue weighted by Gasteiger charge is -2.10. The maximum atomic E-state index is 13.4. The number of rotatable bonds is 7. The average Bonchev–Trinajstić information content (AvgIpc) is 2.37. The van der Waals surface area contributed by atoms with E-state index in [2.05, 4.69) is 24.5 Å². The molecule has 0 atom stereocenters. The van der Waals surface area contributed by atoms with Gasteiger partial charge in [0.15, 0.2) is 0 Å². The number of halogens is 1. The number of carboxylic acids is 1. The lowest BCUT2D eigenvalue weighted by atomic mass is 10.1. The van der Waals surface area contributed by atoms with Crippen molar-refractivity contribution in [2.24, 2.45) is 5.92 Å². The summed E-state index contributed by atoms with van der Waals surface area (Å²) in [6.45, 7) is 4.77. The Balaban J connectivity index is 2.48. The molecule has 0 spiro atoms. The van der Waals surface area contributed by atoms with E-state index in [9.17, 15) is 14.0 Å². The van der Waals surface area contributed by atoms with Gasteiger partial charge in [0.1, 0.15) is 11.4 Å². The SMILES string of the molecule is CC(C)CCCCNC(=O)Nc1cccc(F)c1C(=O)O. The smallest absolute Gasteiger partial charge is 0.340 e. The van der Waals surface area contributed by atoms with Crippen LogP contribution in [0, 0.1) is 11.7 Å². The second-order valence-electron chi connectivity index (χ2n) is 5.24. The summed E-state index contributed by atoms with van der Waals surface area (Å²) in [6, 6.07) is 3.20. The number of nitrogens with one attached hydrogen (secondary N) is 2. The Morgan fingerprint density at radius 1 is 1.29 bits per heavy atom. The third-order valence-corrected chi connectivity index (χ3v) is 2.97. The molecule has 21 heavy (non-hydrogen) atoms. The zero-order valence-corrected chi connectivity index (χ0v) is 12.3. The fourth-order valence-electron chi connectivity index (χ4n) is 1.89. The van der Waals surface area contributed by atoms with Gasteiger partial charge in [-0.2, -0.15) is 0 Å². The molecule has 0 aliphatic rings. The Kier molecular flexibility index (Phi) is 6.65. The van der Waals surface area contributed by atoms with Gasteiger partial charge in [0, 0.05) is 6.54 Å². The van der Waals surface area contributed by atoms with Crippen LogP contribution >= 0.6 is 0 Å². The molecule has 3 N–H and O–H groups in total. The summed E-state index contributed by atoms with van der Waals surface area (Å²) in [4.78, 5) is 22.6. The molecular weight excluding hydrogens is 275 g/mol. The maximum absolute atomic E-state index is 13.4. The van der Waals surface area contributed by atoms with Gasteiger partial charge in [-0.05, 0) is 24.5 Å². The average molecular weight is 296 g/mol. The van der Waals surface area contributed by atoms with Crippen molar-refractivity contribution < 1.29 is 19.1 Å². The highest BCUT2D eigenvalue weighted by Gasteiger charge is 2.16. The van der Waals surface area contributed by atoms with Crippen molar-refractivity contribution in [2.45, 2.75) is 33.1 Å². The molecule has 1 rings (SSSR count). The Morgan fingerprint density at radius 3 is 2.62 bits per heavy atom. The molecule has 0 bridgehead atoms. The molecule has 0 saturated carbocycles. The minimum Gasteiger partial charge on any atom is -0.478 e. The minimum atomic E-state index is -1.42. The second kappa shape index (κ2) is 8.24. The third-order valence-electron chi connectivity index (χ3n) is 2.97. The van der Waals surface area contributed by atoms with E-state index in [1.807, 2.05) is 0 Å². The summed E-state index contributed by atoms with van der Waals surface area (Å²) in [5.41, 5.74) is -0.588. The van der Waals surface area contributed by atoms with Crippen LogP contribution in [0.25, 0.3) is 0 Å². The predicted octanol–water partition coefficient (Wildman–Crippen LogP) is 3.47. The summed E-state index contributed by atoms with van der Waals surface area (Å²) >= 11 is 0. The van der Waals surface area contributed by atoms with Crippen molar-refractivity contribution in [1.29, 1.82) is 0 Å². The van der Waals surface area contributed by atoms with Crippen LogP contribution < -0.4 is 10.6 Å². The van der Waals surface area contributed by atoms with Crippen LogP contribution in [0.4, 0.5) is 14.9 Å². The monoisotopic (exact) mass is 296 g/mol. The molecule has 0 aliphatic heterocycles. The molecule has 1 aromatic rings. The molecule has 0 unspecified atom stereocenters. The van der Waals surface area contributed by atoms with Gasteiger partial charge in [-0.15, -0.1) is 0 Å². The lowest BCUT2D eigenvalue weighted by molar-refractivity contribution is 0.0693. The Hall–Kier alpha value is -2.11. The van der Waals surface area contributed by atoms with Gasteiger partial charge in [0.05, 0.1) is 5.69 Å². The van der Waals surface area contributed by atoms with E-state index in [0.717, 1.165) is 25.3 Å². The second-order valence-corrected chi connectivity index (χ2v) is 5.24. The molecular formula is C15H21FN2O3. The van der Waals surface area contributed by atoms with E-state index >= 15 is 0 Å². The van der Waals surface area contributed by atoms with Crippen molar-refractivity contribution in [2.75, 3.05) is 11.9 Å². The van der Waals surface area contributed by atoms with Gasteiger partial charge >= 0.3 is 12.0 Å². The standard InChI is InChI=1S/C15H21FN2O3/c1-10(2)6-3-4-9-17-15(21)18-12-8-5-7-11(16)13(12)14(19)20/h5,7-8,10H,3-4,6,9H2,1-2H3,(H,19,20)(H2,17,18,21). The first-order valence-corrected chi connectivity index (χ1v) is 6.98. The molecule has 0 fully saturated rings. The van der Waals surface area contributed by atoms with Gasteiger partial charge < -0.3 is 15.7 Å². The molecule has 0 radical (unpaired) electrons. The molecule has 0 heterocycles. The van der Waals surface area contributed by atoms with Gasteiger partial charge in [0.2, 0.25) is 0 Å². The van der Waals surface area contributed by atoms with E-state index in [-0.39, 0.29) is 5.69 Å². The Bertz CT molecular complexity index is 504. The van der Waals surface area contributed by atoms with Crippen LogP contribution in [0.3, 0.4) is 0 Å². The van der Waals surface area contributed by atoms with E-state index in [4.69, 9.17) is 5.11 Å². The molecule has 2 amide bonds. The van der Waals surface area contributed by atoms with Gasteiger partial charge in [-0.25, -0.2) is 14.0 Å². The van der Waals surface area contributed by atoms with Crippen molar-refractivity contribution in [3.63, 3.8) is 0 Å². The maximum Gasteiger partial charge on any atom is 0.340 e. The fraction of sp³-hybridized carbons (Fsp3) is 0.467. The van der Waals surface area contributed by atoms with Crippen LogP contribution in [-0.4, -0.2) is 23.7 Å². The number of aromatic carboxylic acids is 1. The lowest BCUT2D eigenvalue weighted by Crippen LogP contribution is -2.30.